The van der Waals surface area contributed by atoms with E-state index in [2.05, 4.69) is 4.74 Å². The quantitative estimate of drug-likeness (QED) is 0.346. The zero-order valence-electron chi connectivity index (χ0n) is 17.1. The Balaban J connectivity index is 2.61. The van der Waals surface area contributed by atoms with Crippen molar-refractivity contribution in [3.05, 3.63) is 66.6 Å². The Hall–Kier alpha value is -2.92. The summed E-state index contributed by atoms with van der Waals surface area (Å²) >= 11 is 12.2. The van der Waals surface area contributed by atoms with Crippen LogP contribution in [0, 0.1) is 0 Å². The number of benzene rings is 1. The van der Waals surface area contributed by atoms with Gasteiger partial charge in [-0.05, 0) is 13.0 Å². The molecule has 174 valence electrons. The average Bonchev–Trinajstić information content (AvgIpc) is 2.70. The van der Waals surface area contributed by atoms with Gasteiger partial charge in [-0.15, -0.1) is 0 Å². The van der Waals surface area contributed by atoms with Crippen molar-refractivity contribution >= 4 is 29.2 Å². The standard InChI is InChI=1S/C19H17Cl2F3N2O6/c1-9(13(30-3)7-17(28)31-4)32-14-6-12(10(20)5-11(14)21)26-16(27)8-15(19(22,23)24)25(2)18(26)29/h5-9H,1-4H3. The van der Waals surface area contributed by atoms with Crippen LogP contribution in [0.3, 0.4) is 0 Å². The number of alkyl halides is 3. The highest BCUT2D eigenvalue weighted by atomic mass is 35.5. The first-order chi connectivity index (χ1) is 14.8. The van der Waals surface area contributed by atoms with Crippen LogP contribution >= 0.6 is 23.2 Å². The Kier molecular flexibility index (Phi) is 7.68. The lowest BCUT2D eigenvalue weighted by atomic mass is 10.2. The van der Waals surface area contributed by atoms with Crippen LogP contribution < -0.4 is 16.0 Å². The summed E-state index contributed by atoms with van der Waals surface area (Å²) in [6.07, 6.45) is -4.77. The highest BCUT2D eigenvalue weighted by molar-refractivity contribution is 6.36. The summed E-state index contributed by atoms with van der Waals surface area (Å²) in [5.41, 5.74) is -4.21. The van der Waals surface area contributed by atoms with Gasteiger partial charge in [0.2, 0.25) is 0 Å². The Morgan fingerprint density at radius 3 is 2.25 bits per heavy atom. The maximum absolute atomic E-state index is 13.1. The Labute approximate surface area is 189 Å². The Morgan fingerprint density at radius 2 is 1.72 bits per heavy atom. The second kappa shape index (κ2) is 9.70. The fourth-order valence-electron chi connectivity index (χ4n) is 2.67. The van der Waals surface area contributed by atoms with Crippen LogP contribution in [-0.2, 0) is 27.5 Å². The van der Waals surface area contributed by atoms with Crippen LogP contribution in [0.1, 0.15) is 12.6 Å². The maximum Gasteiger partial charge on any atom is 0.431 e. The first kappa shape index (κ1) is 25.3. The molecule has 32 heavy (non-hydrogen) atoms. The van der Waals surface area contributed by atoms with Crippen LogP contribution in [0.15, 0.2) is 39.6 Å². The third kappa shape index (κ3) is 5.28. The highest BCUT2D eigenvalue weighted by Gasteiger charge is 2.35. The lowest BCUT2D eigenvalue weighted by molar-refractivity contribution is -0.144. The molecule has 1 unspecified atom stereocenters. The third-order valence-electron chi connectivity index (χ3n) is 4.25. The van der Waals surface area contributed by atoms with Crippen molar-refractivity contribution in [1.82, 2.24) is 9.13 Å². The van der Waals surface area contributed by atoms with Gasteiger partial charge in [-0.2, -0.15) is 13.2 Å². The molecule has 0 spiro atoms. The van der Waals surface area contributed by atoms with E-state index in [-0.39, 0.29) is 37.9 Å². The van der Waals surface area contributed by atoms with Crippen molar-refractivity contribution in [3.63, 3.8) is 0 Å². The summed E-state index contributed by atoms with van der Waals surface area (Å²) in [4.78, 5) is 36.4. The van der Waals surface area contributed by atoms with E-state index >= 15 is 0 Å². The van der Waals surface area contributed by atoms with E-state index in [1.807, 2.05) is 0 Å². The van der Waals surface area contributed by atoms with Crippen molar-refractivity contribution in [2.45, 2.75) is 19.2 Å². The van der Waals surface area contributed by atoms with Crippen LogP contribution in [0.25, 0.3) is 5.69 Å². The Morgan fingerprint density at radius 1 is 1.09 bits per heavy atom. The number of rotatable bonds is 6. The number of carbonyl (C=O) groups is 1. The number of carbonyl (C=O) groups excluding carboxylic acids is 1. The number of esters is 1. The normalized spacial score (nSPS) is 13.0. The second-order valence-electron chi connectivity index (χ2n) is 6.31. The predicted molar refractivity (Wildman–Crippen MR) is 110 cm³/mol. The summed E-state index contributed by atoms with van der Waals surface area (Å²) < 4.78 is 55.2. The van der Waals surface area contributed by atoms with Crippen LogP contribution in [0.5, 0.6) is 5.75 Å². The highest BCUT2D eigenvalue weighted by Crippen LogP contribution is 2.34. The molecule has 1 atom stereocenters. The van der Waals surface area contributed by atoms with Crippen molar-refractivity contribution in [2.24, 2.45) is 7.05 Å². The van der Waals surface area contributed by atoms with Gasteiger partial charge < -0.3 is 14.2 Å². The molecule has 1 aromatic heterocycles. The molecular weight excluding hydrogens is 480 g/mol. The lowest BCUT2D eigenvalue weighted by Gasteiger charge is -2.19. The minimum atomic E-state index is -4.91. The number of halogens is 5. The van der Waals surface area contributed by atoms with E-state index in [9.17, 15) is 27.6 Å². The van der Waals surface area contributed by atoms with Gasteiger partial charge >= 0.3 is 17.8 Å². The van der Waals surface area contributed by atoms with Gasteiger partial charge in [-0.25, -0.2) is 14.2 Å². The molecule has 0 radical (unpaired) electrons. The topological polar surface area (TPSA) is 88.8 Å². The number of methoxy groups -OCH3 is 2. The molecule has 0 N–H and O–H groups in total. The third-order valence-corrected chi connectivity index (χ3v) is 4.85. The van der Waals surface area contributed by atoms with Crippen molar-refractivity contribution < 1.29 is 32.2 Å². The summed E-state index contributed by atoms with van der Waals surface area (Å²) in [5.74, 6) is -0.729. The zero-order chi connectivity index (χ0) is 24.4. The minimum Gasteiger partial charge on any atom is -0.497 e. The van der Waals surface area contributed by atoms with E-state index in [1.165, 1.54) is 21.1 Å². The molecule has 2 rings (SSSR count). The van der Waals surface area contributed by atoms with Gasteiger partial charge in [-0.1, -0.05) is 23.2 Å². The summed E-state index contributed by atoms with van der Waals surface area (Å²) in [7, 11) is 3.32. The molecule has 2 aromatic rings. The molecule has 0 saturated carbocycles. The van der Waals surface area contributed by atoms with Crippen LogP contribution in [0.4, 0.5) is 13.2 Å². The fraction of sp³-hybridized carbons (Fsp3) is 0.316. The van der Waals surface area contributed by atoms with Gasteiger partial charge in [0, 0.05) is 19.2 Å². The van der Waals surface area contributed by atoms with Gasteiger partial charge in [0.05, 0.1) is 36.0 Å². The van der Waals surface area contributed by atoms with Gasteiger partial charge in [0.15, 0.2) is 6.10 Å². The van der Waals surface area contributed by atoms with Gasteiger partial charge in [0.25, 0.3) is 5.56 Å². The molecule has 1 heterocycles. The molecule has 0 aliphatic carbocycles. The fourth-order valence-corrected chi connectivity index (χ4v) is 3.18. The van der Waals surface area contributed by atoms with Gasteiger partial charge in [0.1, 0.15) is 17.2 Å². The van der Waals surface area contributed by atoms with E-state index in [4.69, 9.17) is 32.7 Å². The van der Waals surface area contributed by atoms with E-state index in [0.29, 0.717) is 4.57 Å². The molecule has 1 aromatic carbocycles. The first-order valence-electron chi connectivity index (χ1n) is 8.71. The van der Waals surface area contributed by atoms with Gasteiger partial charge in [-0.3, -0.25) is 9.36 Å². The van der Waals surface area contributed by atoms with E-state index in [1.54, 1.807) is 0 Å². The second-order valence-corrected chi connectivity index (χ2v) is 7.13. The molecule has 0 bridgehead atoms. The van der Waals surface area contributed by atoms with Crippen molar-refractivity contribution in [3.8, 4) is 11.4 Å². The first-order valence-corrected chi connectivity index (χ1v) is 9.47. The Bertz CT molecular complexity index is 1190. The molecule has 8 nitrogen and oxygen atoms in total. The monoisotopic (exact) mass is 496 g/mol. The summed E-state index contributed by atoms with van der Waals surface area (Å²) in [6.45, 7) is 1.51. The van der Waals surface area contributed by atoms with Crippen molar-refractivity contribution in [1.29, 1.82) is 0 Å². The SMILES string of the molecule is COC(=O)C=C(OC)C(C)Oc1cc(-n2c(=O)cc(C(F)(F)F)n(C)c2=O)c(Cl)cc1Cl. The minimum absolute atomic E-state index is 0.0316. The molecule has 0 aliphatic rings. The largest absolute Gasteiger partial charge is 0.497 e. The zero-order valence-corrected chi connectivity index (χ0v) is 18.6. The molecular formula is C19H17Cl2F3N2O6. The average molecular weight is 497 g/mol. The van der Waals surface area contributed by atoms with Crippen molar-refractivity contribution in [2.75, 3.05) is 14.2 Å². The molecule has 13 heteroatoms. The number of nitrogens with zero attached hydrogens (tertiary/aromatic N) is 2. The number of hydrogen-bond donors (Lipinski definition) is 0. The predicted octanol–water partition coefficient (Wildman–Crippen LogP) is 3.33. The molecule has 0 saturated heterocycles. The van der Waals surface area contributed by atoms with E-state index < -0.39 is 35.2 Å². The molecule has 0 aliphatic heterocycles. The van der Waals surface area contributed by atoms with E-state index in [0.717, 1.165) is 25.3 Å². The maximum atomic E-state index is 13.1. The number of ether oxygens (including phenoxy) is 3. The summed E-state index contributed by atoms with van der Waals surface area (Å²) in [5, 5.41) is -0.220. The molecule has 0 fully saturated rings. The number of aromatic nitrogens is 2. The molecule has 0 amide bonds. The van der Waals surface area contributed by atoms with Crippen LogP contribution in [-0.4, -0.2) is 35.4 Å². The van der Waals surface area contributed by atoms with Crippen LogP contribution in [0.2, 0.25) is 10.0 Å². The summed E-state index contributed by atoms with van der Waals surface area (Å²) in [6, 6.07) is 2.54. The number of hydrogen-bond acceptors (Lipinski definition) is 6. The smallest absolute Gasteiger partial charge is 0.431 e. The lowest BCUT2D eigenvalue weighted by Crippen LogP contribution is -2.40.